The summed E-state index contributed by atoms with van der Waals surface area (Å²) in [5.74, 6) is -27.2. The van der Waals surface area contributed by atoms with E-state index in [4.69, 9.17) is 0 Å². The molecular weight excluding hydrogens is 303 g/mol. The molecule has 0 spiro atoms. The zero-order valence-electron chi connectivity index (χ0n) is 8.63. The van der Waals surface area contributed by atoms with E-state index in [1.165, 1.54) is 0 Å². The van der Waals surface area contributed by atoms with Gasteiger partial charge >= 0.3 is 35.7 Å². The lowest BCUT2D eigenvalue weighted by atomic mass is 10.0. The predicted molar refractivity (Wildman–Crippen MR) is 37.9 cm³/mol. The van der Waals surface area contributed by atoms with Gasteiger partial charge in [-0.25, -0.2) is 4.79 Å². The Morgan fingerprint density at radius 1 is 0.789 bits per heavy atom. The molecule has 112 valence electrons. The Kier molecular flexibility index (Phi) is 4.20. The van der Waals surface area contributed by atoms with Crippen LogP contribution in [0.2, 0.25) is 0 Å². The minimum atomic E-state index is -7.23. The Morgan fingerprint density at radius 2 is 1.16 bits per heavy atom. The summed E-state index contributed by atoms with van der Waals surface area (Å²) < 4.78 is 113. The van der Waals surface area contributed by atoms with Crippen molar-refractivity contribution in [1.29, 1.82) is 0 Å². The number of methoxy groups -OCH3 is 1. The molecule has 0 aliphatic rings. The second kappa shape index (κ2) is 4.56. The molecule has 0 aliphatic carbocycles. The average Bonchev–Trinajstić information content (AvgIpc) is 2.24. The lowest BCUT2D eigenvalue weighted by Crippen LogP contribution is -2.64. The summed E-state index contributed by atoms with van der Waals surface area (Å²) in [5.41, 5.74) is 0. The van der Waals surface area contributed by atoms with Crippen LogP contribution in [0.4, 0.5) is 39.5 Å². The van der Waals surface area contributed by atoms with Gasteiger partial charge in [0.2, 0.25) is 0 Å². The van der Waals surface area contributed by atoms with Gasteiger partial charge in [-0.05, 0) is 0 Å². The second-order valence-electron chi connectivity index (χ2n) is 3.04. The number of ether oxygens (including phenoxy) is 1. The number of carbonyl (C=O) groups excluding carboxylic acids is 2. The van der Waals surface area contributed by atoms with Crippen molar-refractivity contribution in [3.05, 3.63) is 0 Å². The molecule has 0 aromatic carbocycles. The van der Waals surface area contributed by atoms with Crippen LogP contribution in [0, 0.1) is 0 Å². The number of hydrogen-bond acceptors (Lipinski definition) is 3. The fourth-order valence-corrected chi connectivity index (χ4v) is 0.739. The third kappa shape index (κ3) is 2.47. The highest BCUT2D eigenvalue weighted by Crippen LogP contribution is 2.53. The largest absolute Gasteiger partial charge is 0.463 e. The highest BCUT2D eigenvalue weighted by molar-refractivity contribution is 6.36. The molecule has 0 heterocycles. The fraction of sp³-hybridized carbons (Fsp3) is 0.714. The molecule has 0 unspecified atom stereocenters. The van der Waals surface area contributed by atoms with Crippen LogP contribution in [0.15, 0.2) is 0 Å². The molecule has 12 heteroatoms. The highest BCUT2D eigenvalue weighted by Gasteiger charge is 2.84. The molecule has 19 heavy (non-hydrogen) atoms. The van der Waals surface area contributed by atoms with E-state index in [0.29, 0.717) is 0 Å². The smallest absolute Gasteiger partial charge is 0.460 e. The Morgan fingerprint density at radius 3 is 1.42 bits per heavy atom. The van der Waals surface area contributed by atoms with Gasteiger partial charge < -0.3 is 4.74 Å². The standard InChI is InChI=1S/C7H3F9O3/c1-19-3(18)2(17)4(8,9)5(10,11)6(12,13)7(14,15)16/h1H3. The summed E-state index contributed by atoms with van der Waals surface area (Å²) in [6.07, 6.45) is -7.06. The summed E-state index contributed by atoms with van der Waals surface area (Å²) in [6, 6.07) is 0. The molecule has 0 aromatic heterocycles. The van der Waals surface area contributed by atoms with E-state index < -0.39 is 35.7 Å². The number of halogens is 9. The van der Waals surface area contributed by atoms with E-state index >= 15 is 0 Å². The van der Waals surface area contributed by atoms with Crippen LogP contribution < -0.4 is 0 Å². The van der Waals surface area contributed by atoms with Crippen molar-refractivity contribution in [2.75, 3.05) is 7.11 Å². The fourth-order valence-electron chi connectivity index (χ4n) is 0.739. The SMILES string of the molecule is COC(=O)C(=O)C(F)(F)C(F)(F)C(F)(F)C(F)(F)F. The van der Waals surface area contributed by atoms with Crippen molar-refractivity contribution in [2.45, 2.75) is 23.9 Å². The quantitative estimate of drug-likeness (QED) is 0.454. The second-order valence-corrected chi connectivity index (χ2v) is 3.04. The zero-order valence-corrected chi connectivity index (χ0v) is 8.63. The number of rotatable bonds is 4. The number of alkyl halides is 9. The van der Waals surface area contributed by atoms with Crippen LogP contribution in [0.5, 0.6) is 0 Å². The summed E-state index contributed by atoms with van der Waals surface area (Å²) in [5, 5.41) is 0. The van der Waals surface area contributed by atoms with Gasteiger partial charge in [0, 0.05) is 0 Å². The van der Waals surface area contributed by atoms with Gasteiger partial charge in [0.05, 0.1) is 7.11 Å². The maximum Gasteiger partial charge on any atom is 0.460 e. The van der Waals surface area contributed by atoms with E-state index in [2.05, 4.69) is 4.74 Å². The van der Waals surface area contributed by atoms with Crippen molar-refractivity contribution in [2.24, 2.45) is 0 Å². The lowest BCUT2D eigenvalue weighted by molar-refractivity contribution is -0.388. The third-order valence-corrected chi connectivity index (χ3v) is 1.80. The molecule has 0 N–H and O–H groups in total. The van der Waals surface area contributed by atoms with E-state index in [9.17, 15) is 49.1 Å². The van der Waals surface area contributed by atoms with Crippen LogP contribution in [0.3, 0.4) is 0 Å². The van der Waals surface area contributed by atoms with Gasteiger partial charge in [0.1, 0.15) is 0 Å². The number of carbonyl (C=O) groups is 2. The minimum absolute atomic E-state index is 0.260. The highest BCUT2D eigenvalue weighted by atomic mass is 19.4. The van der Waals surface area contributed by atoms with Gasteiger partial charge in [0.25, 0.3) is 0 Å². The molecule has 0 bridgehead atoms. The molecule has 3 nitrogen and oxygen atoms in total. The van der Waals surface area contributed by atoms with Gasteiger partial charge in [0.15, 0.2) is 0 Å². The number of ketones is 1. The molecule has 0 radical (unpaired) electrons. The first kappa shape index (κ1) is 17.5. The predicted octanol–water partition coefficient (Wildman–Crippen LogP) is 2.20. The first-order valence-corrected chi connectivity index (χ1v) is 3.97. The summed E-state index contributed by atoms with van der Waals surface area (Å²) in [6.45, 7) is 0. The Labute approximate surface area is 97.9 Å². The van der Waals surface area contributed by atoms with Crippen LogP contribution in [-0.4, -0.2) is 42.8 Å². The van der Waals surface area contributed by atoms with Gasteiger partial charge in [-0.3, -0.25) is 4.79 Å². The van der Waals surface area contributed by atoms with Crippen LogP contribution >= 0.6 is 0 Å². The van der Waals surface area contributed by atoms with E-state index in [1.807, 2.05) is 0 Å². The maximum absolute atomic E-state index is 12.7. The van der Waals surface area contributed by atoms with Crippen molar-refractivity contribution in [3.63, 3.8) is 0 Å². The van der Waals surface area contributed by atoms with Gasteiger partial charge in [-0.2, -0.15) is 39.5 Å². The molecule has 0 atom stereocenters. The van der Waals surface area contributed by atoms with E-state index in [0.717, 1.165) is 0 Å². The Balaban J connectivity index is 5.77. The molecule has 0 saturated carbocycles. The zero-order chi connectivity index (χ0) is 15.9. The number of Topliss-reactive ketones (excluding diaryl/α,β-unsaturated/α-hetero) is 1. The minimum Gasteiger partial charge on any atom is -0.463 e. The van der Waals surface area contributed by atoms with E-state index in [1.54, 1.807) is 0 Å². The average molecular weight is 306 g/mol. The maximum atomic E-state index is 12.7. The first-order valence-electron chi connectivity index (χ1n) is 3.97. The Bertz CT molecular complexity index is 384. The van der Waals surface area contributed by atoms with Crippen molar-refractivity contribution < 1.29 is 53.8 Å². The van der Waals surface area contributed by atoms with Crippen LogP contribution in [0.25, 0.3) is 0 Å². The first-order chi connectivity index (χ1) is 8.14. The topological polar surface area (TPSA) is 43.4 Å². The Hall–Kier alpha value is -1.49. The molecule has 0 saturated heterocycles. The summed E-state index contributed by atoms with van der Waals surface area (Å²) in [7, 11) is 0.260. The number of esters is 1. The molecule has 0 rings (SSSR count). The summed E-state index contributed by atoms with van der Waals surface area (Å²) >= 11 is 0. The van der Waals surface area contributed by atoms with Crippen molar-refractivity contribution in [1.82, 2.24) is 0 Å². The normalized spacial score (nSPS) is 14.2. The van der Waals surface area contributed by atoms with Gasteiger partial charge in [-0.15, -0.1) is 0 Å². The van der Waals surface area contributed by atoms with Crippen molar-refractivity contribution in [3.8, 4) is 0 Å². The van der Waals surface area contributed by atoms with Crippen molar-refractivity contribution >= 4 is 11.8 Å². The molecule has 0 fully saturated rings. The monoisotopic (exact) mass is 306 g/mol. The molecular formula is C7H3F9O3. The van der Waals surface area contributed by atoms with E-state index in [-0.39, 0.29) is 7.11 Å². The molecule has 0 aliphatic heterocycles. The summed E-state index contributed by atoms with van der Waals surface area (Å²) in [4.78, 5) is 20.7. The lowest BCUT2D eigenvalue weighted by Gasteiger charge is -2.32. The van der Waals surface area contributed by atoms with Gasteiger partial charge in [-0.1, -0.05) is 0 Å². The van der Waals surface area contributed by atoms with Crippen LogP contribution in [-0.2, 0) is 14.3 Å². The molecule has 0 aromatic rings. The number of hydrogen-bond donors (Lipinski definition) is 0. The van der Waals surface area contributed by atoms with Crippen LogP contribution in [0.1, 0.15) is 0 Å². The molecule has 0 amide bonds. The third-order valence-electron chi connectivity index (χ3n) is 1.80.